The highest BCUT2D eigenvalue weighted by Gasteiger charge is 2.26. The van der Waals surface area contributed by atoms with Crippen LogP contribution >= 0.6 is 11.3 Å². The second kappa shape index (κ2) is 5.35. The Morgan fingerprint density at radius 1 is 1.55 bits per heavy atom. The molecule has 0 aliphatic carbocycles. The van der Waals surface area contributed by atoms with Crippen LogP contribution < -0.4 is 4.72 Å². The molecule has 0 atom stereocenters. The Kier molecular flexibility index (Phi) is 3.93. The molecule has 0 aromatic carbocycles. The molecule has 0 spiro atoms. The number of carbonyl (C=O) groups is 1. The lowest BCUT2D eigenvalue weighted by Crippen LogP contribution is -2.26. The molecule has 0 saturated heterocycles. The molecule has 2 heterocycles. The summed E-state index contributed by atoms with van der Waals surface area (Å²) in [5.74, 6) is -1.25. The van der Waals surface area contributed by atoms with Crippen molar-refractivity contribution < 1.29 is 18.3 Å². The number of nitrogens with one attached hydrogen (secondary N) is 1. The van der Waals surface area contributed by atoms with E-state index in [1.807, 2.05) is 0 Å². The number of hydrogen-bond donors (Lipinski definition) is 2. The highest BCUT2D eigenvalue weighted by molar-refractivity contribution is 7.89. The third kappa shape index (κ3) is 2.74. The molecule has 0 bridgehead atoms. The number of nitrogens with zero attached hydrogens (tertiary/aromatic N) is 2. The van der Waals surface area contributed by atoms with Crippen molar-refractivity contribution in [3.05, 3.63) is 33.8 Å². The van der Waals surface area contributed by atoms with Crippen LogP contribution in [0.2, 0.25) is 0 Å². The van der Waals surface area contributed by atoms with Gasteiger partial charge in [0.05, 0.1) is 12.2 Å². The molecule has 7 nitrogen and oxygen atoms in total. The molecule has 2 N–H and O–H groups in total. The van der Waals surface area contributed by atoms with E-state index in [0.29, 0.717) is 11.3 Å². The van der Waals surface area contributed by atoms with Gasteiger partial charge in [-0.1, -0.05) is 0 Å². The van der Waals surface area contributed by atoms with Gasteiger partial charge in [-0.2, -0.15) is 5.10 Å². The minimum atomic E-state index is -3.88. The van der Waals surface area contributed by atoms with Crippen molar-refractivity contribution in [3.63, 3.8) is 0 Å². The summed E-state index contributed by atoms with van der Waals surface area (Å²) in [6, 6.07) is 1.68. The van der Waals surface area contributed by atoms with Crippen LogP contribution in [0.5, 0.6) is 0 Å². The average Bonchev–Trinajstić information content (AvgIpc) is 2.93. The quantitative estimate of drug-likeness (QED) is 0.856. The van der Waals surface area contributed by atoms with Gasteiger partial charge in [0, 0.05) is 13.2 Å². The summed E-state index contributed by atoms with van der Waals surface area (Å²) in [7, 11) is -2.18. The zero-order valence-corrected chi connectivity index (χ0v) is 12.5. The van der Waals surface area contributed by atoms with E-state index < -0.39 is 16.0 Å². The molecular formula is C11H13N3O4S2. The third-order valence-electron chi connectivity index (χ3n) is 2.75. The minimum absolute atomic E-state index is 0.0488. The van der Waals surface area contributed by atoms with Crippen LogP contribution in [0.25, 0.3) is 0 Å². The van der Waals surface area contributed by atoms with E-state index >= 15 is 0 Å². The van der Waals surface area contributed by atoms with Gasteiger partial charge in [-0.3, -0.25) is 4.68 Å². The standard InChI is InChI=1S/C11H13N3O4S2/c1-7-6-19-9(11(15)16)10(7)20(17,18)13-5-8-3-4-12-14(8)2/h3-4,6,13H,5H2,1-2H3,(H,15,16). The third-order valence-corrected chi connectivity index (χ3v) is 5.55. The SMILES string of the molecule is Cc1csc(C(=O)O)c1S(=O)(=O)NCc1ccnn1C. The van der Waals surface area contributed by atoms with Gasteiger partial charge in [-0.15, -0.1) is 11.3 Å². The van der Waals surface area contributed by atoms with Crippen molar-refractivity contribution >= 4 is 27.3 Å². The molecule has 0 aliphatic rings. The number of rotatable bonds is 5. The van der Waals surface area contributed by atoms with Gasteiger partial charge in [0.2, 0.25) is 10.0 Å². The number of carboxylic acids is 1. The predicted octanol–water partition coefficient (Wildman–Crippen LogP) is 0.967. The molecule has 0 aliphatic heterocycles. The van der Waals surface area contributed by atoms with E-state index in [0.717, 1.165) is 11.3 Å². The van der Waals surface area contributed by atoms with E-state index in [1.54, 1.807) is 30.9 Å². The molecule has 0 amide bonds. The Hall–Kier alpha value is -1.71. The van der Waals surface area contributed by atoms with Gasteiger partial charge in [-0.25, -0.2) is 17.9 Å². The van der Waals surface area contributed by atoms with Gasteiger partial charge in [0.25, 0.3) is 0 Å². The number of sulfonamides is 1. The molecular weight excluding hydrogens is 302 g/mol. The van der Waals surface area contributed by atoms with Crippen molar-refractivity contribution in [3.8, 4) is 0 Å². The van der Waals surface area contributed by atoms with Crippen molar-refractivity contribution in [2.45, 2.75) is 18.4 Å². The van der Waals surface area contributed by atoms with Crippen LogP contribution in [-0.4, -0.2) is 29.3 Å². The monoisotopic (exact) mass is 315 g/mol. The summed E-state index contributed by atoms with van der Waals surface area (Å²) < 4.78 is 28.4. The van der Waals surface area contributed by atoms with Crippen LogP contribution in [0.4, 0.5) is 0 Å². The lowest BCUT2D eigenvalue weighted by molar-refractivity contribution is 0.0698. The van der Waals surface area contributed by atoms with Gasteiger partial charge >= 0.3 is 5.97 Å². The molecule has 0 fully saturated rings. The topological polar surface area (TPSA) is 101 Å². The van der Waals surface area contributed by atoms with E-state index in [4.69, 9.17) is 5.11 Å². The molecule has 2 aromatic rings. The summed E-state index contributed by atoms with van der Waals surface area (Å²) in [4.78, 5) is 10.7. The Morgan fingerprint density at radius 3 is 2.80 bits per heavy atom. The molecule has 2 aromatic heterocycles. The molecule has 0 unspecified atom stereocenters. The van der Waals surface area contributed by atoms with Crippen molar-refractivity contribution in [2.75, 3.05) is 0 Å². The maximum Gasteiger partial charge on any atom is 0.347 e. The van der Waals surface area contributed by atoms with Crippen LogP contribution in [-0.2, 0) is 23.6 Å². The molecule has 9 heteroatoms. The highest BCUT2D eigenvalue weighted by atomic mass is 32.2. The fourth-order valence-corrected chi connectivity index (χ4v) is 4.36. The number of thiophene rings is 1. The molecule has 0 saturated carbocycles. The molecule has 108 valence electrons. The normalized spacial score (nSPS) is 11.7. The van der Waals surface area contributed by atoms with Crippen molar-refractivity contribution in [1.29, 1.82) is 0 Å². The van der Waals surface area contributed by atoms with E-state index in [-0.39, 0.29) is 16.3 Å². The summed E-state index contributed by atoms with van der Waals surface area (Å²) in [6.07, 6.45) is 1.56. The number of aromatic carboxylic acids is 1. The lowest BCUT2D eigenvalue weighted by atomic mass is 10.3. The molecule has 0 radical (unpaired) electrons. The maximum atomic E-state index is 12.2. The fourth-order valence-electron chi connectivity index (χ4n) is 1.73. The summed E-state index contributed by atoms with van der Waals surface area (Å²) in [6.45, 7) is 1.62. The Labute approximate surface area is 119 Å². The van der Waals surface area contributed by atoms with Gasteiger partial charge in [0.15, 0.2) is 0 Å². The van der Waals surface area contributed by atoms with Crippen LogP contribution in [0, 0.1) is 6.92 Å². The first-order valence-electron chi connectivity index (χ1n) is 5.61. The largest absolute Gasteiger partial charge is 0.477 e. The van der Waals surface area contributed by atoms with Crippen molar-refractivity contribution in [1.82, 2.24) is 14.5 Å². The first kappa shape index (κ1) is 14.7. The van der Waals surface area contributed by atoms with E-state index in [2.05, 4.69) is 9.82 Å². The second-order valence-corrected chi connectivity index (χ2v) is 6.74. The maximum absolute atomic E-state index is 12.2. The number of carboxylic acid groups (broad SMARTS) is 1. The van der Waals surface area contributed by atoms with Gasteiger partial charge in [0.1, 0.15) is 9.77 Å². The summed E-state index contributed by atoms with van der Waals surface area (Å²) in [5.41, 5.74) is 1.10. The summed E-state index contributed by atoms with van der Waals surface area (Å²) >= 11 is 0.901. The van der Waals surface area contributed by atoms with Crippen LogP contribution in [0.1, 0.15) is 20.9 Å². The number of aryl methyl sites for hydroxylation is 2. The van der Waals surface area contributed by atoms with Crippen molar-refractivity contribution in [2.24, 2.45) is 7.05 Å². The summed E-state index contributed by atoms with van der Waals surface area (Å²) in [5, 5.41) is 14.5. The van der Waals surface area contributed by atoms with Crippen LogP contribution in [0.3, 0.4) is 0 Å². The predicted molar refractivity (Wildman–Crippen MR) is 73.2 cm³/mol. The molecule has 2 rings (SSSR count). The first-order chi connectivity index (χ1) is 9.33. The average molecular weight is 315 g/mol. The number of hydrogen-bond acceptors (Lipinski definition) is 5. The minimum Gasteiger partial charge on any atom is -0.477 e. The Morgan fingerprint density at radius 2 is 2.25 bits per heavy atom. The van der Waals surface area contributed by atoms with E-state index in [9.17, 15) is 13.2 Å². The van der Waals surface area contributed by atoms with Gasteiger partial charge in [-0.05, 0) is 23.9 Å². The zero-order valence-electron chi connectivity index (χ0n) is 10.8. The Bertz CT molecular complexity index is 746. The molecule has 20 heavy (non-hydrogen) atoms. The van der Waals surface area contributed by atoms with Gasteiger partial charge < -0.3 is 5.11 Å². The fraction of sp³-hybridized carbons (Fsp3) is 0.273. The van der Waals surface area contributed by atoms with Crippen LogP contribution in [0.15, 0.2) is 22.5 Å². The van der Waals surface area contributed by atoms with E-state index in [1.165, 1.54) is 5.38 Å². The lowest BCUT2D eigenvalue weighted by Gasteiger charge is -2.08. The first-order valence-corrected chi connectivity index (χ1v) is 7.97. The highest BCUT2D eigenvalue weighted by Crippen LogP contribution is 2.26. The Balaban J connectivity index is 2.29. The second-order valence-electron chi connectivity index (χ2n) is 4.15. The zero-order chi connectivity index (χ0) is 14.9. The number of aromatic nitrogens is 2. The smallest absolute Gasteiger partial charge is 0.347 e.